The Balaban J connectivity index is 1.67. The molecule has 3 rings (SSSR count). The monoisotopic (exact) mass is 307 g/mol. The molecule has 4 heteroatoms. The third kappa shape index (κ3) is 3.83. The van der Waals surface area contributed by atoms with Crippen LogP contribution in [0.5, 0.6) is 0 Å². The molecule has 0 radical (unpaired) electrons. The van der Waals surface area contributed by atoms with Gasteiger partial charge in [-0.25, -0.2) is 0 Å². The highest BCUT2D eigenvalue weighted by Crippen LogP contribution is 2.21. The van der Waals surface area contributed by atoms with Gasteiger partial charge in [0, 0.05) is 31.1 Å². The first-order chi connectivity index (χ1) is 11.2. The quantitative estimate of drug-likeness (QED) is 0.808. The highest BCUT2D eigenvalue weighted by Gasteiger charge is 2.14. The Kier molecular flexibility index (Phi) is 4.81. The van der Waals surface area contributed by atoms with Crippen LogP contribution < -0.4 is 4.90 Å². The lowest BCUT2D eigenvalue weighted by molar-refractivity contribution is 0.0993. The molecular formula is C19H21N3O. The second-order valence-corrected chi connectivity index (χ2v) is 5.91. The van der Waals surface area contributed by atoms with Gasteiger partial charge in [0.1, 0.15) is 0 Å². The summed E-state index contributed by atoms with van der Waals surface area (Å²) in [5.74, 6) is -0.0442. The lowest BCUT2D eigenvalue weighted by Gasteiger charge is -2.16. The molecule has 1 heterocycles. The zero-order valence-electron chi connectivity index (χ0n) is 13.4. The molecule has 0 N–H and O–H groups in total. The Labute approximate surface area is 136 Å². The van der Waals surface area contributed by atoms with Gasteiger partial charge < -0.3 is 4.90 Å². The van der Waals surface area contributed by atoms with Crippen LogP contribution in [0.4, 0.5) is 5.69 Å². The largest absolute Gasteiger partial charge is 0.310 e. The molecule has 0 aliphatic heterocycles. The van der Waals surface area contributed by atoms with E-state index < -0.39 is 0 Å². The maximum Gasteiger partial charge on any atom is 0.258 e. The van der Waals surface area contributed by atoms with E-state index in [1.165, 1.54) is 25.7 Å². The standard InChI is InChI=1S/C19H21N3O/c1-22(18-7-4-12-20-14-18)19(23)16-10-8-15(9-11-16)13-21-17-5-2-3-6-17/h4,7-14,17H,2-3,5-6H2,1H3/b21-13+. The molecule has 0 unspecified atom stereocenters. The van der Waals surface area contributed by atoms with Crippen LogP contribution in [-0.2, 0) is 0 Å². The molecule has 0 bridgehead atoms. The predicted molar refractivity (Wildman–Crippen MR) is 93.3 cm³/mol. The summed E-state index contributed by atoms with van der Waals surface area (Å²) >= 11 is 0. The number of hydrogen-bond acceptors (Lipinski definition) is 3. The van der Waals surface area contributed by atoms with E-state index in [-0.39, 0.29) is 5.91 Å². The molecule has 4 nitrogen and oxygen atoms in total. The second kappa shape index (κ2) is 7.18. The Bertz CT molecular complexity index is 674. The predicted octanol–water partition coefficient (Wildman–Crippen LogP) is 3.72. The van der Waals surface area contributed by atoms with Crippen molar-refractivity contribution in [3.05, 3.63) is 59.9 Å². The maximum atomic E-state index is 12.5. The summed E-state index contributed by atoms with van der Waals surface area (Å²) in [6, 6.07) is 11.8. The van der Waals surface area contributed by atoms with Crippen molar-refractivity contribution in [1.82, 2.24) is 4.98 Å². The van der Waals surface area contributed by atoms with E-state index in [9.17, 15) is 4.79 Å². The molecular weight excluding hydrogens is 286 g/mol. The third-order valence-electron chi connectivity index (χ3n) is 4.25. The number of nitrogens with zero attached hydrogens (tertiary/aromatic N) is 3. The van der Waals surface area contributed by atoms with Crippen molar-refractivity contribution < 1.29 is 4.79 Å². The Morgan fingerprint density at radius 3 is 2.61 bits per heavy atom. The second-order valence-electron chi connectivity index (χ2n) is 5.91. The number of anilines is 1. The summed E-state index contributed by atoms with van der Waals surface area (Å²) in [6.07, 6.45) is 10.3. The number of hydrogen-bond donors (Lipinski definition) is 0. The van der Waals surface area contributed by atoms with Crippen LogP contribution in [0, 0.1) is 0 Å². The number of carbonyl (C=O) groups is 1. The van der Waals surface area contributed by atoms with Crippen molar-refractivity contribution in [2.24, 2.45) is 4.99 Å². The van der Waals surface area contributed by atoms with Crippen LogP contribution in [0.15, 0.2) is 53.8 Å². The summed E-state index contributed by atoms with van der Waals surface area (Å²) in [5.41, 5.74) is 2.48. The molecule has 1 aliphatic rings. The maximum absolute atomic E-state index is 12.5. The van der Waals surface area contributed by atoms with Gasteiger partial charge in [0.2, 0.25) is 0 Å². The molecule has 1 fully saturated rings. The number of carbonyl (C=O) groups excluding carboxylic acids is 1. The zero-order valence-corrected chi connectivity index (χ0v) is 13.4. The fourth-order valence-electron chi connectivity index (χ4n) is 2.82. The third-order valence-corrected chi connectivity index (χ3v) is 4.25. The SMILES string of the molecule is CN(C(=O)c1ccc(/C=N/C2CCCC2)cc1)c1cccnc1. The number of pyridine rings is 1. The number of amides is 1. The van der Waals surface area contributed by atoms with E-state index in [1.54, 1.807) is 24.3 Å². The van der Waals surface area contributed by atoms with Gasteiger partial charge in [0.05, 0.1) is 11.9 Å². The summed E-state index contributed by atoms with van der Waals surface area (Å²) < 4.78 is 0. The number of benzene rings is 1. The van der Waals surface area contributed by atoms with E-state index in [1.807, 2.05) is 42.6 Å². The van der Waals surface area contributed by atoms with E-state index in [0.29, 0.717) is 11.6 Å². The lowest BCUT2D eigenvalue weighted by Crippen LogP contribution is -2.26. The van der Waals surface area contributed by atoms with Crippen LogP contribution >= 0.6 is 0 Å². The average molecular weight is 307 g/mol. The van der Waals surface area contributed by atoms with Gasteiger partial charge in [-0.15, -0.1) is 0 Å². The van der Waals surface area contributed by atoms with Gasteiger partial charge in [0.25, 0.3) is 5.91 Å². The first-order valence-electron chi connectivity index (χ1n) is 8.05. The van der Waals surface area contributed by atoms with Crippen molar-refractivity contribution in [3.63, 3.8) is 0 Å². The van der Waals surface area contributed by atoms with E-state index in [0.717, 1.165) is 11.3 Å². The summed E-state index contributed by atoms with van der Waals surface area (Å²) in [4.78, 5) is 22.8. The van der Waals surface area contributed by atoms with Crippen molar-refractivity contribution in [1.29, 1.82) is 0 Å². The molecule has 1 amide bonds. The Morgan fingerprint density at radius 1 is 1.22 bits per heavy atom. The minimum Gasteiger partial charge on any atom is -0.310 e. The van der Waals surface area contributed by atoms with Crippen molar-refractivity contribution in [2.45, 2.75) is 31.7 Å². The van der Waals surface area contributed by atoms with Gasteiger partial charge in [-0.1, -0.05) is 25.0 Å². The van der Waals surface area contributed by atoms with Crippen LogP contribution in [0.2, 0.25) is 0 Å². The van der Waals surface area contributed by atoms with Crippen LogP contribution in [0.3, 0.4) is 0 Å². The normalized spacial score (nSPS) is 15.2. The molecule has 23 heavy (non-hydrogen) atoms. The van der Waals surface area contributed by atoms with Crippen molar-refractivity contribution >= 4 is 17.8 Å². The molecule has 0 spiro atoms. The summed E-state index contributed by atoms with van der Waals surface area (Å²) in [6.45, 7) is 0. The molecule has 0 atom stereocenters. The van der Waals surface area contributed by atoms with E-state index >= 15 is 0 Å². The van der Waals surface area contributed by atoms with Crippen LogP contribution in [0.1, 0.15) is 41.6 Å². The fourth-order valence-corrected chi connectivity index (χ4v) is 2.82. The Morgan fingerprint density at radius 2 is 1.96 bits per heavy atom. The van der Waals surface area contributed by atoms with Crippen LogP contribution in [0.25, 0.3) is 0 Å². The molecule has 0 saturated heterocycles. The first kappa shape index (κ1) is 15.4. The lowest BCUT2D eigenvalue weighted by atomic mass is 10.1. The topological polar surface area (TPSA) is 45.6 Å². The number of rotatable bonds is 4. The van der Waals surface area contributed by atoms with Gasteiger partial charge in [0.15, 0.2) is 0 Å². The average Bonchev–Trinajstić information content (AvgIpc) is 3.13. The fraction of sp³-hybridized carbons (Fsp3) is 0.316. The molecule has 1 aromatic heterocycles. The van der Waals surface area contributed by atoms with E-state index in [4.69, 9.17) is 0 Å². The van der Waals surface area contributed by atoms with Gasteiger partial charge in [-0.05, 0) is 42.7 Å². The first-order valence-corrected chi connectivity index (χ1v) is 8.05. The molecule has 1 aliphatic carbocycles. The number of aliphatic imine (C=N–C) groups is 1. The minimum absolute atomic E-state index is 0.0442. The highest BCUT2D eigenvalue weighted by molar-refractivity contribution is 6.05. The smallest absolute Gasteiger partial charge is 0.258 e. The van der Waals surface area contributed by atoms with Crippen LogP contribution in [-0.4, -0.2) is 30.2 Å². The van der Waals surface area contributed by atoms with Gasteiger partial charge in [-0.2, -0.15) is 0 Å². The number of aromatic nitrogens is 1. The molecule has 118 valence electrons. The molecule has 1 saturated carbocycles. The summed E-state index contributed by atoms with van der Waals surface area (Å²) in [5, 5.41) is 0. The van der Waals surface area contributed by atoms with Crippen molar-refractivity contribution in [3.8, 4) is 0 Å². The molecule has 1 aromatic carbocycles. The van der Waals surface area contributed by atoms with Gasteiger partial charge >= 0.3 is 0 Å². The highest BCUT2D eigenvalue weighted by atomic mass is 16.2. The van der Waals surface area contributed by atoms with E-state index in [2.05, 4.69) is 9.98 Å². The Hall–Kier alpha value is -2.49. The zero-order chi connectivity index (χ0) is 16.1. The molecule has 2 aromatic rings. The summed E-state index contributed by atoms with van der Waals surface area (Å²) in [7, 11) is 1.76. The van der Waals surface area contributed by atoms with Crippen molar-refractivity contribution in [2.75, 3.05) is 11.9 Å². The minimum atomic E-state index is -0.0442. The van der Waals surface area contributed by atoms with Gasteiger partial charge in [-0.3, -0.25) is 14.8 Å².